The Morgan fingerprint density at radius 2 is 2.39 bits per heavy atom. The smallest absolute Gasteiger partial charge is 0.213 e. The highest BCUT2D eigenvalue weighted by Crippen LogP contribution is 2.32. The lowest BCUT2D eigenvalue weighted by Crippen LogP contribution is -2.22. The Morgan fingerprint density at radius 3 is 3.22 bits per heavy atom. The highest BCUT2D eigenvalue weighted by molar-refractivity contribution is 5.39. The summed E-state index contributed by atoms with van der Waals surface area (Å²) in [5, 5.41) is 16.7. The van der Waals surface area contributed by atoms with Crippen LogP contribution in [0.2, 0.25) is 0 Å². The number of rotatable bonds is 4. The van der Waals surface area contributed by atoms with Crippen molar-refractivity contribution in [1.82, 2.24) is 15.5 Å². The quantitative estimate of drug-likeness (QED) is 0.856. The first-order valence-corrected chi connectivity index (χ1v) is 6.13. The Bertz CT molecular complexity index is 525. The van der Waals surface area contributed by atoms with Crippen LogP contribution >= 0.6 is 0 Å². The standard InChI is InChI=1S/C13H15N3O2/c17-10-2-3-11-9(7-10)1-4-12(11)14-6-5-13-15-8-18-16-13/h2-3,7-8,12,14,17H,1,4-6H2. The van der Waals surface area contributed by atoms with Crippen LogP contribution in [0.25, 0.3) is 0 Å². The highest BCUT2D eigenvalue weighted by atomic mass is 16.5. The predicted octanol–water partition coefficient (Wildman–Crippen LogP) is 1.59. The Labute approximate surface area is 105 Å². The zero-order valence-electron chi connectivity index (χ0n) is 9.97. The fourth-order valence-corrected chi connectivity index (χ4v) is 2.48. The third kappa shape index (κ3) is 2.22. The molecule has 0 saturated carbocycles. The molecule has 0 aliphatic heterocycles. The predicted molar refractivity (Wildman–Crippen MR) is 65.2 cm³/mol. The number of nitrogens with one attached hydrogen (secondary N) is 1. The van der Waals surface area contributed by atoms with Crippen molar-refractivity contribution < 1.29 is 9.63 Å². The molecule has 2 N–H and O–H groups in total. The van der Waals surface area contributed by atoms with Gasteiger partial charge in [0.2, 0.25) is 6.39 Å². The Balaban J connectivity index is 1.59. The van der Waals surface area contributed by atoms with Crippen molar-refractivity contribution in [3.05, 3.63) is 41.5 Å². The minimum Gasteiger partial charge on any atom is -0.508 e. The lowest BCUT2D eigenvalue weighted by Gasteiger charge is -2.13. The van der Waals surface area contributed by atoms with Crippen LogP contribution in [0, 0.1) is 0 Å². The lowest BCUT2D eigenvalue weighted by molar-refractivity contribution is 0.408. The van der Waals surface area contributed by atoms with Gasteiger partial charge in [0, 0.05) is 19.0 Å². The van der Waals surface area contributed by atoms with Crippen LogP contribution in [0.5, 0.6) is 5.75 Å². The molecule has 94 valence electrons. The van der Waals surface area contributed by atoms with Crippen molar-refractivity contribution in [3.8, 4) is 5.75 Å². The van der Waals surface area contributed by atoms with Gasteiger partial charge in [0.1, 0.15) is 5.75 Å². The molecule has 5 heteroatoms. The monoisotopic (exact) mass is 245 g/mol. The van der Waals surface area contributed by atoms with E-state index in [1.807, 2.05) is 12.1 Å². The number of aryl methyl sites for hydroxylation is 1. The average molecular weight is 245 g/mol. The summed E-state index contributed by atoms with van der Waals surface area (Å²) in [6.07, 6.45) is 4.21. The first-order chi connectivity index (χ1) is 8.83. The van der Waals surface area contributed by atoms with E-state index in [-0.39, 0.29) is 0 Å². The fraction of sp³-hybridized carbons (Fsp3) is 0.385. The molecule has 2 aromatic rings. The van der Waals surface area contributed by atoms with Crippen LogP contribution in [0.1, 0.15) is 29.4 Å². The summed E-state index contributed by atoms with van der Waals surface area (Å²) in [5.41, 5.74) is 2.54. The van der Waals surface area contributed by atoms with Crippen molar-refractivity contribution in [1.29, 1.82) is 0 Å². The molecule has 3 rings (SSSR count). The van der Waals surface area contributed by atoms with Gasteiger partial charge in [-0.25, -0.2) is 0 Å². The Kier molecular flexibility index (Phi) is 2.98. The van der Waals surface area contributed by atoms with E-state index in [4.69, 9.17) is 0 Å². The third-order valence-electron chi connectivity index (χ3n) is 3.35. The summed E-state index contributed by atoms with van der Waals surface area (Å²) < 4.78 is 4.69. The van der Waals surface area contributed by atoms with Crippen molar-refractivity contribution in [2.75, 3.05) is 6.54 Å². The normalized spacial score (nSPS) is 17.9. The first kappa shape index (κ1) is 11.2. The maximum atomic E-state index is 9.44. The minimum absolute atomic E-state index is 0.348. The molecule has 0 fully saturated rings. The zero-order valence-corrected chi connectivity index (χ0v) is 9.97. The van der Waals surface area contributed by atoms with Gasteiger partial charge in [0.15, 0.2) is 5.82 Å². The molecular weight excluding hydrogens is 230 g/mol. The largest absolute Gasteiger partial charge is 0.508 e. The van der Waals surface area contributed by atoms with E-state index < -0.39 is 0 Å². The SMILES string of the molecule is Oc1ccc2c(c1)CCC2NCCc1ncon1. The lowest BCUT2D eigenvalue weighted by atomic mass is 10.1. The molecule has 1 aliphatic carbocycles. The van der Waals surface area contributed by atoms with Crippen molar-refractivity contribution in [2.24, 2.45) is 0 Å². The molecule has 1 aromatic carbocycles. The number of phenolic OH excluding ortho intramolecular Hbond substituents is 1. The maximum absolute atomic E-state index is 9.44. The molecule has 0 radical (unpaired) electrons. The topological polar surface area (TPSA) is 71.2 Å². The van der Waals surface area contributed by atoms with Gasteiger partial charge in [-0.3, -0.25) is 0 Å². The number of benzene rings is 1. The Hall–Kier alpha value is -1.88. The van der Waals surface area contributed by atoms with Crippen molar-refractivity contribution >= 4 is 0 Å². The van der Waals surface area contributed by atoms with E-state index in [1.54, 1.807) is 6.07 Å². The summed E-state index contributed by atoms with van der Waals surface area (Å²) in [4.78, 5) is 3.99. The van der Waals surface area contributed by atoms with Gasteiger partial charge >= 0.3 is 0 Å². The molecule has 1 heterocycles. The van der Waals surface area contributed by atoms with Gasteiger partial charge in [-0.15, -0.1) is 0 Å². The highest BCUT2D eigenvalue weighted by Gasteiger charge is 2.21. The van der Waals surface area contributed by atoms with Gasteiger partial charge in [0.25, 0.3) is 0 Å². The van der Waals surface area contributed by atoms with Crippen LogP contribution in [-0.4, -0.2) is 21.8 Å². The molecule has 5 nitrogen and oxygen atoms in total. The van der Waals surface area contributed by atoms with Crippen LogP contribution in [-0.2, 0) is 12.8 Å². The number of hydrogen-bond donors (Lipinski definition) is 2. The van der Waals surface area contributed by atoms with Crippen LogP contribution in [0.3, 0.4) is 0 Å². The van der Waals surface area contributed by atoms with E-state index in [9.17, 15) is 5.11 Å². The number of nitrogens with zero attached hydrogens (tertiary/aromatic N) is 2. The van der Waals surface area contributed by atoms with E-state index in [1.165, 1.54) is 17.5 Å². The summed E-state index contributed by atoms with van der Waals surface area (Å²) in [7, 11) is 0. The second kappa shape index (κ2) is 4.78. The van der Waals surface area contributed by atoms with Crippen molar-refractivity contribution in [2.45, 2.75) is 25.3 Å². The summed E-state index contributed by atoms with van der Waals surface area (Å²) in [6, 6.07) is 5.98. The third-order valence-corrected chi connectivity index (χ3v) is 3.35. The van der Waals surface area contributed by atoms with E-state index in [0.717, 1.165) is 31.6 Å². The number of phenols is 1. The minimum atomic E-state index is 0.348. The van der Waals surface area contributed by atoms with Crippen LogP contribution in [0.4, 0.5) is 0 Å². The van der Waals surface area contributed by atoms with Gasteiger partial charge < -0.3 is 14.9 Å². The molecule has 1 atom stereocenters. The van der Waals surface area contributed by atoms with E-state index in [2.05, 4.69) is 20.0 Å². The van der Waals surface area contributed by atoms with Gasteiger partial charge in [-0.05, 0) is 36.1 Å². The second-order valence-corrected chi connectivity index (χ2v) is 4.53. The number of hydrogen-bond acceptors (Lipinski definition) is 5. The summed E-state index contributed by atoms with van der Waals surface area (Å²) in [6.45, 7) is 0.824. The zero-order chi connectivity index (χ0) is 12.4. The van der Waals surface area contributed by atoms with Crippen molar-refractivity contribution in [3.63, 3.8) is 0 Å². The molecule has 0 bridgehead atoms. The number of fused-ring (bicyclic) bond motifs is 1. The molecule has 0 saturated heterocycles. The first-order valence-electron chi connectivity index (χ1n) is 6.13. The second-order valence-electron chi connectivity index (χ2n) is 4.53. The summed E-state index contributed by atoms with van der Waals surface area (Å²) in [5.74, 6) is 1.08. The number of aromatic hydroxyl groups is 1. The van der Waals surface area contributed by atoms with E-state index in [0.29, 0.717) is 11.8 Å². The molecule has 18 heavy (non-hydrogen) atoms. The molecule has 1 aromatic heterocycles. The van der Waals surface area contributed by atoms with Crippen LogP contribution < -0.4 is 5.32 Å². The van der Waals surface area contributed by atoms with Gasteiger partial charge in [-0.1, -0.05) is 11.2 Å². The molecule has 1 aliphatic rings. The van der Waals surface area contributed by atoms with Gasteiger partial charge in [-0.2, -0.15) is 4.98 Å². The molecular formula is C13H15N3O2. The fourth-order valence-electron chi connectivity index (χ4n) is 2.48. The van der Waals surface area contributed by atoms with E-state index >= 15 is 0 Å². The van der Waals surface area contributed by atoms with Gasteiger partial charge in [0.05, 0.1) is 0 Å². The molecule has 1 unspecified atom stereocenters. The number of aromatic nitrogens is 2. The average Bonchev–Trinajstić information content (AvgIpc) is 2.99. The molecule has 0 amide bonds. The maximum Gasteiger partial charge on any atom is 0.213 e. The Morgan fingerprint density at radius 1 is 1.44 bits per heavy atom. The molecule has 0 spiro atoms. The van der Waals surface area contributed by atoms with Crippen LogP contribution in [0.15, 0.2) is 29.1 Å². The summed E-state index contributed by atoms with van der Waals surface area (Å²) >= 11 is 0.